The van der Waals surface area contributed by atoms with Gasteiger partial charge in [-0.05, 0) is 35.5 Å². The van der Waals surface area contributed by atoms with Crippen LogP contribution >= 0.6 is 0 Å². The molecule has 0 aromatic rings. The van der Waals surface area contributed by atoms with Crippen LogP contribution in [0.4, 0.5) is 0 Å². The van der Waals surface area contributed by atoms with Crippen molar-refractivity contribution in [3.63, 3.8) is 0 Å². The number of rotatable bonds is 0. The Kier molecular flexibility index (Phi) is 0.874. The summed E-state index contributed by atoms with van der Waals surface area (Å²) >= 11 is 0. The monoisotopic (exact) mass is 138 g/mol. The molecule has 0 radical (unpaired) electrons. The average molecular weight is 138 g/mol. The van der Waals surface area contributed by atoms with Crippen molar-refractivity contribution >= 4 is 0 Å². The Labute approximate surface area is 64.0 Å². The molecular weight excluding hydrogens is 120 g/mol. The van der Waals surface area contributed by atoms with Crippen molar-refractivity contribution in [2.24, 2.45) is 16.2 Å². The Balaban J connectivity index is 2.11. The molecule has 3 aliphatic carbocycles. The lowest BCUT2D eigenvalue weighted by Crippen LogP contribution is -2.65. The van der Waals surface area contributed by atoms with E-state index in [2.05, 4.69) is 27.7 Å². The summed E-state index contributed by atoms with van der Waals surface area (Å²) in [6.07, 6.45) is 4.51. The third-order valence-electron chi connectivity index (χ3n) is 3.89. The molecule has 0 aromatic carbocycles. The second kappa shape index (κ2) is 1.31. The first-order valence-electron chi connectivity index (χ1n) is 4.37. The summed E-state index contributed by atoms with van der Waals surface area (Å²) < 4.78 is 0. The van der Waals surface area contributed by atoms with Gasteiger partial charge in [-0.1, -0.05) is 27.7 Å². The Morgan fingerprint density at radius 1 is 1.00 bits per heavy atom. The zero-order valence-corrected chi connectivity index (χ0v) is 7.62. The van der Waals surface area contributed by atoms with E-state index in [0.29, 0.717) is 5.41 Å². The minimum absolute atomic E-state index is 0.574. The van der Waals surface area contributed by atoms with Gasteiger partial charge in [-0.15, -0.1) is 0 Å². The third kappa shape index (κ3) is 0.538. The predicted octanol–water partition coefficient (Wildman–Crippen LogP) is 3.22. The predicted molar refractivity (Wildman–Crippen MR) is 43.8 cm³/mol. The summed E-state index contributed by atoms with van der Waals surface area (Å²) in [5, 5.41) is 0. The first-order valence-corrected chi connectivity index (χ1v) is 4.37. The van der Waals surface area contributed by atoms with Crippen LogP contribution in [0.25, 0.3) is 0 Å². The smallest absolute Gasteiger partial charge is 0.0233 e. The van der Waals surface area contributed by atoms with E-state index in [4.69, 9.17) is 0 Å². The summed E-state index contributed by atoms with van der Waals surface area (Å²) in [5.41, 5.74) is 2.12. The lowest BCUT2D eigenvalue weighted by molar-refractivity contribution is -0.248. The molecule has 0 atom stereocenters. The summed E-state index contributed by atoms with van der Waals surface area (Å²) in [6.45, 7) is 9.61. The summed E-state index contributed by atoms with van der Waals surface area (Å²) in [7, 11) is 0. The minimum Gasteiger partial charge on any atom is -0.0596 e. The van der Waals surface area contributed by atoms with Crippen molar-refractivity contribution in [1.82, 2.24) is 0 Å². The fourth-order valence-electron chi connectivity index (χ4n) is 3.09. The molecule has 3 fully saturated rings. The van der Waals surface area contributed by atoms with Crippen LogP contribution < -0.4 is 0 Å². The standard InChI is InChI=1S/C10H18/c1-8(2,3)10-5-9(4,6-10)7-10/h5-7H2,1-4H3. The topological polar surface area (TPSA) is 0 Å². The maximum absolute atomic E-state index is 2.43. The van der Waals surface area contributed by atoms with Gasteiger partial charge in [0.15, 0.2) is 0 Å². The van der Waals surface area contributed by atoms with Crippen LogP contribution in [0.2, 0.25) is 0 Å². The Morgan fingerprint density at radius 3 is 1.50 bits per heavy atom. The molecule has 0 heteroatoms. The molecule has 3 rings (SSSR count). The highest BCUT2D eigenvalue weighted by molar-refractivity contribution is 5.18. The van der Waals surface area contributed by atoms with Gasteiger partial charge in [0.05, 0.1) is 0 Å². The molecule has 0 aliphatic heterocycles. The van der Waals surface area contributed by atoms with E-state index in [-0.39, 0.29) is 0 Å². The van der Waals surface area contributed by atoms with Gasteiger partial charge in [0.2, 0.25) is 0 Å². The minimum atomic E-state index is 0.574. The summed E-state index contributed by atoms with van der Waals surface area (Å²) in [6, 6.07) is 0. The molecule has 0 spiro atoms. The van der Waals surface area contributed by atoms with Gasteiger partial charge < -0.3 is 0 Å². The van der Waals surface area contributed by atoms with Crippen LogP contribution in [0.3, 0.4) is 0 Å². The van der Waals surface area contributed by atoms with E-state index < -0.39 is 0 Å². The molecule has 0 aromatic heterocycles. The van der Waals surface area contributed by atoms with Crippen LogP contribution in [-0.4, -0.2) is 0 Å². The van der Waals surface area contributed by atoms with E-state index in [1.165, 1.54) is 19.3 Å². The van der Waals surface area contributed by atoms with E-state index in [9.17, 15) is 0 Å². The van der Waals surface area contributed by atoms with Crippen LogP contribution in [-0.2, 0) is 0 Å². The first-order chi connectivity index (χ1) is 4.37. The fourth-order valence-corrected chi connectivity index (χ4v) is 3.09. The second-order valence-corrected chi connectivity index (χ2v) is 5.87. The molecule has 0 amide bonds. The largest absolute Gasteiger partial charge is 0.0596 e. The fraction of sp³-hybridized carbons (Fsp3) is 1.00. The molecule has 0 heterocycles. The SMILES string of the molecule is CC12CC(C(C)(C)C)(C1)C2. The zero-order valence-electron chi connectivity index (χ0n) is 7.62. The van der Waals surface area contributed by atoms with E-state index in [1.54, 1.807) is 0 Å². The number of hydrogen-bond donors (Lipinski definition) is 0. The third-order valence-corrected chi connectivity index (χ3v) is 3.89. The van der Waals surface area contributed by atoms with Crippen molar-refractivity contribution in [3.8, 4) is 0 Å². The quantitative estimate of drug-likeness (QED) is 0.482. The van der Waals surface area contributed by atoms with Gasteiger partial charge in [0.1, 0.15) is 0 Å². The van der Waals surface area contributed by atoms with Gasteiger partial charge >= 0.3 is 0 Å². The zero-order chi connectivity index (χ0) is 7.62. The van der Waals surface area contributed by atoms with Crippen molar-refractivity contribution in [1.29, 1.82) is 0 Å². The van der Waals surface area contributed by atoms with Crippen LogP contribution in [0.5, 0.6) is 0 Å². The second-order valence-electron chi connectivity index (χ2n) is 5.87. The molecule has 2 bridgehead atoms. The van der Waals surface area contributed by atoms with Gasteiger partial charge in [-0.25, -0.2) is 0 Å². The molecule has 0 unspecified atom stereocenters. The lowest BCUT2D eigenvalue weighted by atomic mass is 9.30. The van der Waals surface area contributed by atoms with E-state index in [1.807, 2.05) is 0 Å². The van der Waals surface area contributed by atoms with Crippen LogP contribution in [0, 0.1) is 16.2 Å². The Bertz CT molecular complexity index is 151. The molecule has 58 valence electrons. The van der Waals surface area contributed by atoms with Gasteiger partial charge in [-0.2, -0.15) is 0 Å². The molecule has 3 saturated carbocycles. The van der Waals surface area contributed by atoms with Crippen molar-refractivity contribution < 1.29 is 0 Å². The Morgan fingerprint density at radius 2 is 1.40 bits per heavy atom. The molecule has 3 aliphatic rings. The molecule has 0 saturated heterocycles. The molecule has 0 N–H and O–H groups in total. The lowest BCUT2D eigenvalue weighted by Gasteiger charge is -2.75. The van der Waals surface area contributed by atoms with Crippen molar-refractivity contribution in [3.05, 3.63) is 0 Å². The van der Waals surface area contributed by atoms with E-state index in [0.717, 1.165) is 10.8 Å². The normalized spacial score (nSPS) is 51.6. The molecule has 0 nitrogen and oxygen atoms in total. The molecular formula is C10H18. The maximum atomic E-state index is 2.43. The summed E-state index contributed by atoms with van der Waals surface area (Å²) in [4.78, 5) is 0. The highest BCUT2D eigenvalue weighted by atomic mass is 14.7. The maximum Gasteiger partial charge on any atom is -0.0233 e. The first kappa shape index (κ1) is 6.69. The number of hydrogen-bond acceptors (Lipinski definition) is 0. The van der Waals surface area contributed by atoms with Gasteiger partial charge in [-0.3, -0.25) is 0 Å². The van der Waals surface area contributed by atoms with Crippen molar-refractivity contribution in [2.75, 3.05) is 0 Å². The summed E-state index contributed by atoms with van der Waals surface area (Å²) in [5.74, 6) is 0. The highest BCUT2D eigenvalue weighted by Crippen LogP contribution is 2.78. The highest BCUT2D eigenvalue weighted by Gasteiger charge is 2.68. The van der Waals surface area contributed by atoms with Gasteiger partial charge in [0.25, 0.3) is 0 Å². The van der Waals surface area contributed by atoms with Gasteiger partial charge in [0, 0.05) is 0 Å². The Hall–Kier alpha value is 0. The van der Waals surface area contributed by atoms with E-state index >= 15 is 0 Å². The van der Waals surface area contributed by atoms with Crippen LogP contribution in [0.1, 0.15) is 47.0 Å². The van der Waals surface area contributed by atoms with Crippen molar-refractivity contribution in [2.45, 2.75) is 47.0 Å². The van der Waals surface area contributed by atoms with Crippen LogP contribution in [0.15, 0.2) is 0 Å². The molecule has 10 heavy (non-hydrogen) atoms. The average Bonchev–Trinajstić information content (AvgIpc) is 1.51.